The second-order valence-corrected chi connectivity index (χ2v) is 6.32. The molecule has 2 atom stereocenters. The molecule has 0 aliphatic carbocycles. The molecule has 3 rings (SSSR count). The van der Waals surface area contributed by atoms with E-state index in [1.165, 1.54) is 17.1 Å². The average Bonchev–Trinajstić information content (AvgIpc) is 3.13. The minimum Gasteiger partial charge on any atom is -0.389 e. The fourth-order valence-corrected chi connectivity index (χ4v) is 2.92. The number of benzene rings is 2. The molecule has 0 spiro atoms. The zero-order valence-electron chi connectivity index (χ0n) is 14.9. The van der Waals surface area contributed by atoms with Gasteiger partial charge in [-0.05, 0) is 33.5 Å². The van der Waals surface area contributed by atoms with Crippen LogP contribution in [0.15, 0.2) is 67.1 Å². The molecule has 0 saturated heterocycles. The number of hydrogen-bond acceptors (Lipinski definition) is 5. The number of rotatable bonds is 8. The van der Waals surface area contributed by atoms with Crippen LogP contribution in [-0.2, 0) is 11.3 Å². The number of aliphatic hydroxyl groups is 1. The van der Waals surface area contributed by atoms with E-state index in [-0.39, 0.29) is 25.1 Å². The second-order valence-electron chi connectivity index (χ2n) is 6.32. The molecule has 0 unspecified atom stereocenters. The van der Waals surface area contributed by atoms with E-state index in [1.54, 1.807) is 0 Å². The molecule has 7 heteroatoms. The van der Waals surface area contributed by atoms with Crippen LogP contribution in [0, 0.1) is 17.0 Å². The van der Waals surface area contributed by atoms with Crippen LogP contribution in [0.5, 0.6) is 0 Å². The predicted molar refractivity (Wildman–Crippen MR) is 100 cm³/mol. The van der Waals surface area contributed by atoms with Gasteiger partial charge < -0.3 is 24.5 Å². The minimum absolute atomic E-state index is 0.0832. The van der Waals surface area contributed by atoms with Gasteiger partial charge in [0.25, 0.3) is 0 Å². The Balaban J connectivity index is 1.71. The van der Waals surface area contributed by atoms with Gasteiger partial charge >= 0.3 is 5.82 Å². The van der Waals surface area contributed by atoms with Gasteiger partial charge in [0.15, 0.2) is 0 Å². The molecule has 1 heterocycles. The largest absolute Gasteiger partial charge is 0.389 e. The van der Waals surface area contributed by atoms with Crippen LogP contribution in [0.1, 0.15) is 22.8 Å². The normalized spacial score (nSPS) is 13.3. The lowest BCUT2D eigenvalue weighted by molar-refractivity contribution is -0.389. The number of ether oxygens (including phenoxy) is 1. The molecule has 0 radical (unpaired) electrons. The fourth-order valence-electron chi connectivity index (χ4n) is 2.92. The van der Waals surface area contributed by atoms with Crippen LogP contribution in [0.4, 0.5) is 5.82 Å². The van der Waals surface area contributed by atoms with Crippen molar-refractivity contribution < 1.29 is 14.8 Å². The molecule has 0 amide bonds. The maximum absolute atomic E-state index is 10.7. The Hall–Kier alpha value is -3.03. The van der Waals surface area contributed by atoms with Crippen LogP contribution < -0.4 is 0 Å². The van der Waals surface area contributed by atoms with E-state index in [0.717, 1.165) is 16.7 Å². The Morgan fingerprint density at radius 2 is 1.89 bits per heavy atom. The van der Waals surface area contributed by atoms with Crippen LogP contribution >= 0.6 is 0 Å². The molecule has 0 bridgehead atoms. The van der Waals surface area contributed by atoms with Crippen LogP contribution in [0.3, 0.4) is 0 Å². The molecule has 3 aromatic rings. The molecule has 0 fully saturated rings. The molecular formula is C20H21N3O4. The quantitative estimate of drug-likeness (QED) is 0.487. The first-order valence-corrected chi connectivity index (χ1v) is 8.61. The molecule has 7 nitrogen and oxygen atoms in total. The van der Waals surface area contributed by atoms with Crippen molar-refractivity contribution in [2.75, 3.05) is 6.61 Å². The van der Waals surface area contributed by atoms with Crippen LogP contribution in [0.25, 0.3) is 0 Å². The summed E-state index contributed by atoms with van der Waals surface area (Å²) in [6, 6.07) is 17.8. The third-order valence-electron chi connectivity index (χ3n) is 4.26. The topological polar surface area (TPSA) is 90.4 Å². The van der Waals surface area contributed by atoms with E-state index in [0.29, 0.717) is 0 Å². The lowest BCUT2D eigenvalue weighted by atomic mass is 9.97. The highest BCUT2D eigenvalue weighted by molar-refractivity contribution is 5.35. The summed E-state index contributed by atoms with van der Waals surface area (Å²) in [4.78, 5) is 13.8. The lowest BCUT2D eigenvalue weighted by Crippen LogP contribution is -2.23. The zero-order chi connectivity index (χ0) is 19.2. The van der Waals surface area contributed by atoms with Crippen molar-refractivity contribution in [1.29, 1.82) is 0 Å². The van der Waals surface area contributed by atoms with Gasteiger partial charge in [-0.1, -0.05) is 54.6 Å². The molecule has 2 aromatic carbocycles. The SMILES string of the molecule is Cc1ccccc1[C@@H](OC[C@@H](O)Cn1cnc([N+](=O)[O-])c1)c1ccccc1. The van der Waals surface area contributed by atoms with Gasteiger partial charge in [0, 0.05) is 0 Å². The molecule has 0 aliphatic heterocycles. The van der Waals surface area contributed by atoms with Gasteiger partial charge in [-0.2, -0.15) is 0 Å². The van der Waals surface area contributed by atoms with Gasteiger partial charge in [0.1, 0.15) is 12.3 Å². The maximum atomic E-state index is 10.7. The van der Waals surface area contributed by atoms with Crippen molar-refractivity contribution in [3.63, 3.8) is 0 Å². The van der Waals surface area contributed by atoms with Crippen molar-refractivity contribution >= 4 is 5.82 Å². The highest BCUT2D eigenvalue weighted by Crippen LogP contribution is 2.28. The summed E-state index contributed by atoms with van der Waals surface area (Å²) in [5, 5.41) is 21.0. The first-order valence-electron chi connectivity index (χ1n) is 8.61. The number of aliphatic hydroxyl groups excluding tert-OH is 1. The Morgan fingerprint density at radius 1 is 1.19 bits per heavy atom. The van der Waals surface area contributed by atoms with Gasteiger partial charge in [-0.15, -0.1) is 0 Å². The van der Waals surface area contributed by atoms with Crippen LogP contribution in [0.2, 0.25) is 0 Å². The highest BCUT2D eigenvalue weighted by atomic mass is 16.6. The van der Waals surface area contributed by atoms with E-state index >= 15 is 0 Å². The van der Waals surface area contributed by atoms with E-state index in [4.69, 9.17) is 4.74 Å². The maximum Gasteiger partial charge on any atom is 0.381 e. The standard InChI is InChI=1S/C20H21N3O4/c1-15-7-5-6-10-18(15)20(16-8-3-2-4-9-16)27-13-17(24)11-22-12-19(21-14-22)23(25)26/h2-10,12,14,17,20,24H,11,13H2,1H3/t17-,20-/m0/s1. The molecule has 140 valence electrons. The van der Waals surface area contributed by atoms with Crippen molar-refractivity contribution in [2.45, 2.75) is 25.7 Å². The van der Waals surface area contributed by atoms with E-state index < -0.39 is 11.0 Å². The molecule has 27 heavy (non-hydrogen) atoms. The number of nitrogens with zero attached hydrogens (tertiary/aromatic N) is 3. The minimum atomic E-state index is -0.825. The molecule has 0 aliphatic rings. The van der Waals surface area contributed by atoms with Gasteiger partial charge in [0.2, 0.25) is 6.33 Å². The summed E-state index contributed by atoms with van der Waals surface area (Å²) < 4.78 is 7.55. The number of aromatic nitrogens is 2. The Bertz CT molecular complexity index is 895. The first-order chi connectivity index (χ1) is 13.0. The monoisotopic (exact) mass is 367 g/mol. The summed E-state index contributed by atoms with van der Waals surface area (Å²) in [6.07, 6.45) is 1.49. The smallest absolute Gasteiger partial charge is 0.381 e. The molecule has 1 N–H and O–H groups in total. The van der Waals surface area contributed by atoms with Gasteiger partial charge in [0.05, 0.1) is 19.3 Å². The Kier molecular flexibility index (Phi) is 5.95. The summed E-state index contributed by atoms with van der Waals surface area (Å²) in [6.45, 7) is 2.27. The van der Waals surface area contributed by atoms with Crippen molar-refractivity contribution in [1.82, 2.24) is 9.55 Å². The van der Waals surface area contributed by atoms with E-state index in [2.05, 4.69) is 4.98 Å². The third kappa shape index (κ3) is 4.78. The number of hydrogen-bond donors (Lipinski definition) is 1. The van der Waals surface area contributed by atoms with E-state index in [9.17, 15) is 15.2 Å². The average molecular weight is 367 g/mol. The van der Waals surface area contributed by atoms with Crippen LogP contribution in [-0.4, -0.2) is 32.3 Å². The molecule has 0 saturated carbocycles. The van der Waals surface area contributed by atoms with Crippen molar-refractivity contribution in [3.05, 3.63) is 93.9 Å². The Labute approximate surface area is 157 Å². The predicted octanol–water partition coefficient (Wildman–Crippen LogP) is 3.27. The zero-order valence-corrected chi connectivity index (χ0v) is 14.9. The molecular weight excluding hydrogens is 346 g/mol. The van der Waals surface area contributed by atoms with Crippen molar-refractivity contribution in [3.8, 4) is 0 Å². The van der Waals surface area contributed by atoms with Crippen molar-refractivity contribution in [2.24, 2.45) is 0 Å². The first kappa shape index (κ1) is 18.8. The Morgan fingerprint density at radius 3 is 2.56 bits per heavy atom. The second kappa shape index (κ2) is 8.57. The fraction of sp³-hybridized carbons (Fsp3) is 0.250. The third-order valence-corrected chi connectivity index (χ3v) is 4.26. The highest BCUT2D eigenvalue weighted by Gasteiger charge is 2.19. The summed E-state index contributed by atoms with van der Waals surface area (Å²) in [5.41, 5.74) is 3.14. The lowest BCUT2D eigenvalue weighted by Gasteiger charge is -2.22. The number of imidazole rings is 1. The summed E-state index contributed by atoms with van der Waals surface area (Å²) in [7, 11) is 0. The summed E-state index contributed by atoms with van der Waals surface area (Å²) in [5.74, 6) is -0.245. The van der Waals surface area contributed by atoms with Gasteiger partial charge in [-0.3, -0.25) is 0 Å². The number of aryl methyl sites for hydroxylation is 1. The van der Waals surface area contributed by atoms with Gasteiger partial charge in [-0.25, -0.2) is 0 Å². The molecule has 1 aromatic heterocycles. The van der Waals surface area contributed by atoms with E-state index in [1.807, 2.05) is 61.5 Å². The summed E-state index contributed by atoms with van der Waals surface area (Å²) >= 11 is 0. The number of nitro groups is 1.